The van der Waals surface area contributed by atoms with Crippen LogP contribution >= 0.6 is 11.8 Å². The quantitative estimate of drug-likeness (QED) is 0.395. The van der Waals surface area contributed by atoms with E-state index in [-0.39, 0.29) is 11.4 Å². The summed E-state index contributed by atoms with van der Waals surface area (Å²) >= 11 is 1.30. The van der Waals surface area contributed by atoms with Crippen LogP contribution in [0.5, 0.6) is 11.5 Å². The summed E-state index contributed by atoms with van der Waals surface area (Å²) in [6, 6.07) is 15.6. The molecule has 1 amide bonds. The minimum Gasteiger partial charge on any atom is -0.493 e. The molecule has 0 spiro atoms. The molecule has 0 atom stereocenters. The minimum atomic E-state index is -0.421. The predicted molar refractivity (Wildman–Crippen MR) is 136 cm³/mol. The number of benzene rings is 2. The van der Waals surface area contributed by atoms with Crippen molar-refractivity contribution < 1.29 is 14.3 Å². The van der Waals surface area contributed by atoms with Gasteiger partial charge in [-0.2, -0.15) is 15.1 Å². The van der Waals surface area contributed by atoms with Crippen LogP contribution in [0.25, 0.3) is 17.0 Å². The summed E-state index contributed by atoms with van der Waals surface area (Å²) in [6.45, 7) is 3.10. The molecule has 0 aliphatic carbocycles. The van der Waals surface area contributed by atoms with Crippen molar-refractivity contribution in [1.82, 2.24) is 9.58 Å². The number of ether oxygens (including phenoxy) is 2. The molecule has 1 N–H and O–H groups in total. The first-order chi connectivity index (χ1) is 16.5. The molecule has 8 nitrogen and oxygen atoms in total. The molecule has 0 unspecified atom stereocenters. The molecular formula is C25H23N5O3S. The fraction of sp³-hybridized carbons (Fsp3) is 0.200. The highest BCUT2D eigenvalue weighted by molar-refractivity contribution is 8.26. The number of fused-ring (bicyclic) bond motifs is 2. The molecule has 5 rings (SSSR count). The van der Waals surface area contributed by atoms with E-state index in [0.717, 1.165) is 40.2 Å². The van der Waals surface area contributed by atoms with Gasteiger partial charge in [0.05, 0.1) is 24.3 Å². The number of hydrogen-bond acceptors (Lipinski definition) is 6. The van der Waals surface area contributed by atoms with E-state index in [4.69, 9.17) is 14.9 Å². The molecule has 0 saturated carbocycles. The minimum absolute atomic E-state index is 0.0430. The zero-order valence-corrected chi connectivity index (χ0v) is 19.6. The van der Waals surface area contributed by atoms with Gasteiger partial charge in [0.25, 0.3) is 5.91 Å². The fourth-order valence-electron chi connectivity index (χ4n) is 3.97. The number of methoxy groups -OCH3 is 1. The van der Waals surface area contributed by atoms with Crippen LogP contribution in [0.2, 0.25) is 0 Å². The van der Waals surface area contributed by atoms with Gasteiger partial charge in [-0.3, -0.25) is 10.2 Å². The predicted octanol–water partition coefficient (Wildman–Crippen LogP) is 4.76. The second-order valence-electron chi connectivity index (χ2n) is 7.79. The standard InChI is InChI=1S/C25H23N5O3S/c1-16-28-30-23(26)19(24(31)27-25(30)34-16)14-17-15-29(20-9-4-3-8-18(17)20)12-7-13-33-22-11-6-5-10-21(22)32-2/h3-6,8-11,14-15,26H,7,12-13H2,1-2H3/b19-14-,26-23?. The van der Waals surface area contributed by atoms with Crippen LogP contribution in [0.15, 0.2) is 70.4 Å². The van der Waals surface area contributed by atoms with Crippen LogP contribution in [-0.2, 0) is 11.3 Å². The zero-order valence-electron chi connectivity index (χ0n) is 18.8. The van der Waals surface area contributed by atoms with E-state index in [1.807, 2.05) is 61.7 Å². The van der Waals surface area contributed by atoms with Crippen LogP contribution in [0, 0.1) is 5.41 Å². The van der Waals surface area contributed by atoms with Crippen molar-refractivity contribution in [2.24, 2.45) is 10.1 Å². The van der Waals surface area contributed by atoms with Crippen LogP contribution < -0.4 is 9.47 Å². The Morgan fingerprint density at radius 2 is 1.88 bits per heavy atom. The van der Waals surface area contributed by atoms with Crippen molar-refractivity contribution >= 4 is 50.7 Å². The smallest absolute Gasteiger partial charge is 0.283 e. The number of hydrogen-bond donors (Lipinski definition) is 1. The van der Waals surface area contributed by atoms with Crippen molar-refractivity contribution in [3.05, 3.63) is 65.9 Å². The topological polar surface area (TPSA) is 92.3 Å². The summed E-state index contributed by atoms with van der Waals surface area (Å²) in [4.78, 5) is 16.8. The van der Waals surface area contributed by atoms with E-state index in [1.165, 1.54) is 16.8 Å². The summed E-state index contributed by atoms with van der Waals surface area (Å²) in [7, 11) is 1.63. The van der Waals surface area contributed by atoms with Gasteiger partial charge in [0, 0.05) is 29.2 Å². The van der Waals surface area contributed by atoms with E-state index < -0.39 is 5.91 Å². The molecule has 2 aliphatic rings. The molecule has 172 valence electrons. The summed E-state index contributed by atoms with van der Waals surface area (Å²) in [6.07, 6.45) is 4.53. The molecule has 2 aliphatic heterocycles. The lowest BCUT2D eigenvalue weighted by Crippen LogP contribution is -2.35. The fourth-order valence-corrected chi connectivity index (χ4v) is 4.71. The first-order valence-corrected chi connectivity index (χ1v) is 11.7. The van der Waals surface area contributed by atoms with Gasteiger partial charge in [-0.15, -0.1) is 0 Å². The molecule has 0 fully saturated rings. The number of aromatic nitrogens is 1. The second-order valence-corrected chi connectivity index (χ2v) is 8.95. The number of nitrogens with one attached hydrogen (secondary N) is 1. The van der Waals surface area contributed by atoms with Crippen molar-refractivity contribution in [2.75, 3.05) is 13.7 Å². The lowest BCUT2D eigenvalue weighted by molar-refractivity contribution is -0.114. The first-order valence-electron chi connectivity index (χ1n) is 10.9. The van der Waals surface area contributed by atoms with Gasteiger partial charge in [-0.1, -0.05) is 30.3 Å². The van der Waals surface area contributed by atoms with E-state index in [0.29, 0.717) is 17.5 Å². The van der Waals surface area contributed by atoms with Gasteiger partial charge < -0.3 is 14.0 Å². The first kappa shape index (κ1) is 22.0. The molecule has 0 bridgehead atoms. The number of para-hydroxylation sites is 3. The Kier molecular flexibility index (Phi) is 5.93. The van der Waals surface area contributed by atoms with Crippen LogP contribution in [0.3, 0.4) is 0 Å². The maximum atomic E-state index is 12.7. The normalized spacial score (nSPS) is 16.6. The molecule has 34 heavy (non-hydrogen) atoms. The van der Waals surface area contributed by atoms with Gasteiger partial charge in [0.1, 0.15) is 0 Å². The number of amides is 1. The zero-order chi connectivity index (χ0) is 23.7. The monoisotopic (exact) mass is 473 g/mol. The van der Waals surface area contributed by atoms with Crippen molar-refractivity contribution in [1.29, 1.82) is 5.41 Å². The van der Waals surface area contributed by atoms with E-state index in [2.05, 4.69) is 14.7 Å². The molecule has 1 aromatic heterocycles. The largest absolute Gasteiger partial charge is 0.493 e. The van der Waals surface area contributed by atoms with Crippen LogP contribution in [-0.4, -0.2) is 45.2 Å². The highest BCUT2D eigenvalue weighted by atomic mass is 32.2. The Hall–Kier alpha value is -3.85. The number of carbonyl (C=O) groups excluding carboxylic acids is 1. The Bertz CT molecular complexity index is 1390. The number of amidine groups is 2. The third kappa shape index (κ3) is 4.10. The number of aryl methyl sites for hydroxylation is 1. The molecule has 2 aromatic carbocycles. The lowest BCUT2D eigenvalue weighted by atomic mass is 10.1. The lowest BCUT2D eigenvalue weighted by Gasteiger charge is -2.20. The second kappa shape index (κ2) is 9.18. The number of hydrazone groups is 1. The van der Waals surface area contributed by atoms with Crippen molar-refractivity contribution in [2.45, 2.75) is 19.9 Å². The summed E-state index contributed by atoms with van der Waals surface area (Å²) in [5.74, 6) is 1.06. The van der Waals surface area contributed by atoms with E-state index in [1.54, 1.807) is 13.2 Å². The maximum absolute atomic E-state index is 12.7. The Balaban J connectivity index is 1.37. The van der Waals surface area contributed by atoms with Gasteiger partial charge >= 0.3 is 0 Å². The molecule has 9 heteroatoms. The summed E-state index contributed by atoms with van der Waals surface area (Å²) in [5.41, 5.74) is 2.14. The van der Waals surface area contributed by atoms with Gasteiger partial charge in [0.2, 0.25) is 5.17 Å². The number of thioether (sulfide) groups is 1. The highest BCUT2D eigenvalue weighted by Crippen LogP contribution is 2.30. The molecule has 0 saturated heterocycles. The SMILES string of the molecule is COc1ccccc1OCCCn1cc(/C=C2/C(=N)N3N=C(C)SC3=NC2=O)c2ccccc21. The number of aliphatic imine (C=N–C) groups is 1. The van der Waals surface area contributed by atoms with Crippen molar-refractivity contribution in [3.8, 4) is 11.5 Å². The van der Waals surface area contributed by atoms with Crippen molar-refractivity contribution in [3.63, 3.8) is 0 Å². The van der Waals surface area contributed by atoms with Crippen LogP contribution in [0.1, 0.15) is 18.9 Å². The Morgan fingerprint density at radius 3 is 2.71 bits per heavy atom. The summed E-state index contributed by atoms with van der Waals surface area (Å²) < 4.78 is 13.4. The third-order valence-corrected chi connectivity index (χ3v) is 6.37. The Labute approximate surface area is 201 Å². The molecule has 0 radical (unpaired) electrons. The van der Waals surface area contributed by atoms with Gasteiger partial charge in [-0.25, -0.2) is 0 Å². The number of nitrogens with zero attached hydrogens (tertiary/aromatic N) is 4. The Morgan fingerprint density at radius 1 is 1.12 bits per heavy atom. The molecule has 3 heterocycles. The average molecular weight is 474 g/mol. The molecular weight excluding hydrogens is 450 g/mol. The third-order valence-electron chi connectivity index (χ3n) is 5.54. The van der Waals surface area contributed by atoms with Crippen LogP contribution in [0.4, 0.5) is 0 Å². The average Bonchev–Trinajstić information content (AvgIpc) is 3.39. The van der Waals surface area contributed by atoms with Gasteiger partial charge in [0.15, 0.2) is 17.3 Å². The number of carbonyl (C=O) groups is 1. The number of rotatable bonds is 7. The molecule has 3 aromatic rings. The van der Waals surface area contributed by atoms with Gasteiger partial charge in [-0.05, 0) is 49.4 Å². The highest BCUT2D eigenvalue weighted by Gasteiger charge is 2.34. The van der Waals surface area contributed by atoms with E-state index >= 15 is 0 Å². The van der Waals surface area contributed by atoms with E-state index in [9.17, 15) is 4.79 Å². The summed E-state index contributed by atoms with van der Waals surface area (Å²) in [5, 5.41) is 16.4. The maximum Gasteiger partial charge on any atom is 0.283 e.